The molecule has 0 radical (unpaired) electrons. The molecule has 12 N–H and O–H groups in total. The van der Waals surface area contributed by atoms with Crippen LogP contribution in [0.15, 0.2) is 0 Å². The first-order valence-corrected chi connectivity index (χ1v) is 6.85. The van der Waals surface area contributed by atoms with Gasteiger partial charge >= 0.3 is 41.4 Å². The summed E-state index contributed by atoms with van der Waals surface area (Å²) in [7, 11) is 0. The fourth-order valence-electron chi connectivity index (χ4n) is 0. The predicted molar refractivity (Wildman–Crippen MR) is 52.1 cm³/mol. The van der Waals surface area contributed by atoms with E-state index in [1.807, 2.05) is 0 Å². The first-order chi connectivity index (χ1) is 8.93. The van der Waals surface area contributed by atoms with E-state index < -0.39 is 41.1 Å². The summed E-state index contributed by atoms with van der Waals surface area (Å²) in [5.74, 6) is 0. The first-order valence-electron chi connectivity index (χ1n) is 3.26. The molecular formula is C5H12N4O12Pd. The van der Waals surface area contributed by atoms with Crippen molar-refractivity contribution in [2.75, 3.05) is 0 Å². The Morgan fingerprint density at radius 1 is 0.591 bits per heavy atom. The SMILES string of the molecule is O=C([O-])O.O=C([O-])O.O=C([O-])O.O=C([O-])O.[C+4].[NH2][Pd]([NH2])([NH2])[NH2]. The average molecular weight is 427 g/mol. The summed E-state index contributed by atoms with van der Waals surface area (Å²) in [6, 6.07) is 0. The summed E-state index contributed by atoms with van der Waals surface area (Å²) in [5.41, 5.74) is 0. The molecule has 0 fully saturated rings. The molecule has 0 aliphatic rings. The van der Waals surface area contributed by atoms with Crippen LogP contribution in [0.2, 0.25) is 0 Å². The fourth-order valence-corrected chi connectivity index (χ4v) is 0. The normalized spacial score (nSPS) is 7.82. The molecule has 0 saturated heterocycles. The Morgan fingerprint density at radius 3 is 0.591 bits per heavy atom. The van der Waals surface area contributed by atoms with Gasteiger partial charge in [0, 0.05) is 0 Å². The molecule has 0 aromatic rings. The Balaban J connectivity index is -0.0000000361. The third-order valence-electron chi connectivity index (χ3n) is 0. The van der Waals surface area contributed by atoms with E-state index in [4.69, 9.17) is 77.5 Å². The van der Waals surface area contributed by atoms with E-state index in [-0.39, 0.29) is 7.43 Å². The minimum absolute atomic E-state index is 0. The second-order valence-electron chi connectivity index (χ2n) is 1.70. The Bertz CT molecular complexity index is 234. The van der Waals surface area contributed by atoms with Gasteiger partial charge in [-0.3, -0.25) is 0 Å². The molecule has 0 bridgehead atoms. The van der Waals surface area contributed by atoms with Gasteiger partial charge in [0.25, 0.3) is 0 Å². The van der Waals surface area contributed by atoms with Crippen LogP contribution in [0, 0.1) is 7.43 Å². The second kappa shape index (κ2) is 23.7. The number of hydrogen-bond acceptors (Lipinski definition) is 12. The number of rotatable bonds is 0. The van der Waals surface area contributed by atoms with Gasteiger partial charge in [-0.05, 0) is 0 Å². The predicted octanol–water partition coefficient (Wildman–Crippen LogP) is -6.73. The molecule has 0 rings (SSSR count). The van der Waals surface area contributed by atoms with Crippen LogP contribution in [0.3, 0.4) is 0 Å². The van der Waals surface area contributed by atoms with Gasteiger partial charge in [-0.25, -0.2) is 0 Å². The maximum atomic E-state index is 8.44. The maximum absolute atomic E-state index is 8.44. The molecule has 0 aliphatic carbocycles. The van der Waals surface area contributed by atoms with Gasteiger partial charge in [0.15, 0.2) is 0 Å². The van der Waals surface area contributed by atoms with Crippen molar-refractivity contribution >= 4 is 24.6 Å². The molecule has 134 valence electrons. The second-order valence-corrected chi connectivity index (χ2v) is 4.81. The zero-order chi connectivity index (χ0) is 18.8. The van der Waals surface area contributed by atoms with Gasteiger partial charge in [0.05, 0.1) is 0 Å². The number of carbonyl (C=O) groups is 4. The van der Waals surface area contributed by atoms with Crippen LogP contribution in [0.25, 0.3) is 0 Å². The Labute approximate surface area is 127 Å². The van der Waals surface area contributed by atoms with Crippen molar-refractivity contribution in [3.8, 4) is 0 Å². The topological polar surface area (TPSA) is 346 Å². The van der Waals surface area contributed by atoms with Crippen molar-refractivity contribution in [1.82, 2.24) is 0 Å². The molecule has 0 saturated carbocycles. The van der Waals surface area contributed by atoms with E-state index in [0.29, 0.717) is 0 Å². The third-order valence-corrected chi connectivity index (χ3v) is 0. The average Bonchev–Trinajstić information content (AvgIpc) is 1.91. The van der Waals surface area contributed by atoms with Gasteiger partial charge in [0.1, 0.15) is 0 Å². The van der Waals surface area contributed by atoms with Crippen LogP contribution in [0.5, 0.6) is 0 Å². The monoisotopic (exact) mass is 426 g/mol. The summed E-state index contributed by atoms with van der Waals surface area (Å²) in [6.07, 6.45) is -8.33. The standard InChI is InChI=1S/4CH2O3.C.4H2N.Pd/c4*2-1(3)4;;;;;;/h4*(H2,2,3,4);;4*1H2;/q;;;;+4;4*-1;+4/p-4. The summed E-state index contributed by atoms with van der Waals surface area (Å²) < 4.78 is 19.4. The van der Waals surface area contributed by atoms with E-state index in [1.165, 1.54) is 0 Å². The Hall–Kier alpha value is -2.42. The number of carboxylic acid groups (broad SMARTS) is 8. The van der Waals surface area contributed by atoms with Crippen LogP contribution < -0.4 is 37.9 Å². The van der Waals surface area contributed by atoms with Gasteiger partial charge in [0.2, 0.25) is 24.6 Å². The summed E-state index contributed by atoms with van der Waals surface area (Å²) in [4.78, 5) is 33.8. The molecule has 17 heteroatoms. The molecule has 0 heterocycles. The van der Waals surface area contributed by atoms with E-state index in [9.17, 15) is 0 Å². The molecule has 0 atom stereocenters. The molecule has 0 spiro atoms. The van der Waals surface area contributed by atoms with Gasteiger partial charge in [-0.1, -0.05) is 0 Å². The minimum atomic E-state index is -2.70. The van der Waals surface area contributed by atoms with Gasteiger partial charge in [-0.15, -0.1) is 0 Å². The van der Waals surface area contributed by atoms with Crippen LogP contribution in [-0.2, 0) is 16.5 Å². The molecule has 0 amide bonds. The van der Waals surface area contributed by atoms with E-state index in [1.54, 1.807) is 0 Å². The van der Waals surface area contributed by atoms with Crippen molar-refractivity contribution in [3.63, 3.8) is 0 Å². The molecule has 0 aromatic carbocycles. The van der Waals surface area contributed by atoms with E-state index in [2.05, 4.69) is 0 Å². The van der Waals surface area contributed by atoms with Crippen molar-refractivity contribution in [2.24, 2.45) is 17.5 Å². The molecule has 0 unspecified atom stereocenters. The Kier molecular flexibility index (Phi) is 39.4. The zero-order valence-electron chi connectivity index (χ0n) is 10.2. The van der Waals surface area contributed by atoms with Crippen LogP contribution in [0.4, 0.5) is 19.2 Å². The van der Waals surface area contributed by atoms with Crippen molar-refractivity contribution in [3.05, 3.63) is 7.43 Å². The van der Waals surface area contributed by atoms with E-state index >= 15 is 0 Å². The third kappa shape index (κ3) is 827. The van der Waals surface area contributed by atoms with Crippen LogP contribution in [-0.4, -0.2) is 45.0 Å². The van der Waals surface area contributed by atoms with E-state index in [0.717, 1.165) is 0 Å². The summed E-state index contributed by atoms with van der Waals surface area (Å²) in [6.45, 7) is 0. The molecule has 16 nitrogen and oxygen atoms in total. The fraction of sp³-hybridized carbons (Fsp3) is 0. The van der Waals surface area contributed by atoms with Crippen LogP contribution in [0.1, 0.15) is 0 Å². The summed E-state index contributed by atoms with van der Waals surface area (Å²) >= 11 is -2.70. The Morgan fingerprint density at radius 2 is 0.591 bits per heavy atom. The van der Waals surface area contributed by atoms with Crippen LogP contribution >= 0.6 is 0 Å². The van der Waals surface area contributed by atoms with Gasteiger partial charge < -0.3 is 60.0 Å². The quantitative estimate of drug-likeness (QED) is 0.167. The molecule has 0 aliphatic heterocycles. The zero-order valence-corrected chi connectivity index (χ0v) is 11.7. The molecular weight excluding hydrogens is 414 g/mol. The molecule has 22 heavy (non-hydrogen) atoms. The summed E-state index contributed by atoms with van der Waals surface area (Å²) in [5, 5.41) is 61.2. The van der Waals surface area contributed by atoms with Crippen molar-refractivity contribution in [1.29, 1.82) is 0 Å². The molecule has 0 aromatic heterocycles. The number of hydrogen-bond donors (Lipinski definition) is 8. The van der Waals surface area contributed by atoms with Crippen molar-refractivity contribution < 1.29 is 76.6 Å². The first kappa shape index (κ1) is 36.7. The van der Waals surface area contributed by atoms with Gasteiger partial charge in [-0.2, -0.15) is 0 Å². The van der Waals surface area contributed by atoms with Crippen molar-refractivity contribution in [2.45, 2.75) is 0 Å². The number of nitrogens with two attached hydrogens (primary N) is 4.